The summed E-state index contributed by atoms with van der Waals surface area (Å²) in [6.07, 6.45) is -0.141. The lowest BCUT2D eigenvalue weighted by molar-refractivity contribution is -0.134. The van der Waals surface area contributed by atoms with Crippen LogP contribution in [0.2, 0.25) is 0 Å². The molecule has 1 aliphatic heterocycles. The van der Waals surface area contributed by atoms with Crippen molar-refractivity contribution in [3.8, 4) is 0 Å². The monoisotopic (exact) mass is 303 g/mol. The number of rotatable bonds is 3. The first-order valence-corrected chi connectivity index (χ1v) is 7.45. The summed E-state index contributed by atoms with van der Waals surface area (Å²) in [5.74, 6) is -1.57. The molecule has 110 valence electrons. The molecule has 0 spiro atoms. The van der Waals surface area contributed by atoms with E-state index >= 15 is 0 Å². The maximum Gasteiger partial charge on any atom is 0.265 e. The summed E-state index contributed by atoms with van der Waals surface area (Å²) in [5.41, 5.74) is 1.42. The van der Waals surface area contributed by atoms with Gasteiger partial charge in [0.2, 0.25) is 0 Å². The van der Waals surface area contributed by atoms with Crippen molar-refractivity contribution >= 4 is 15.7 Å². The number of benzene rings is 1. The maximum atomic E-state index is 12.9. The highest BCUT2D eigenvalue weighted by Gasteiger charge is 2.52. The largest absolute Gasteiger partial charge is 0.381 e. The fourth-order valence-electron chi connectivity index (χ4n) is 2.26. The molecular weight excluding hydrogens is 289 g/mol. The molecule has 1 fully saturated rings. The van der Waals surface area contributed by atoms with Crippen LogP contribution in [0.4, 0.5) is 4.39 Å². The minimum Gasteiger partial charge on any atom is -0.381 e. The minimum absolute atomic E-state index is 0.0703. The molecule has 0 aliphatic carbocycles. The zero-order valence-electron chi connectivity index (χ0n) is 10.5. The van der Waals surface area contributed by atoms with Gasteiger partial charge in [-0.2, -0.15) is 0 Å². The van der Waals surface area contributed by atoms with Gasteiger partial charge in [-0.25, -0.2) is 18.3 Å². The number of nitrogens with one attached hydrogen (secondary N) is 1. The second-order valence-electron chi connectivity index (χ2n) is 4.50. The summed E-state index contributed by atoms with van der Waals surface area (Å²) in [6, 6.07) is 4.23. The zero-order valence-corrected chi connectivity index (χ0v) is 11.3. The van der Waals surface area contributed by atoms with Crippen LogP contribution in [-0.4, -0.2) is 37.5 Å². The lowest BCUT2D eigenvalue weighted by Gasteiger charge is -2.34. The van der Waals surface area contributed by atoms with Crippen LogP contribution in [0.25, 0.3) is 0 Å². The molecule has 1 aliphatic rings. The van der Waals surface area contributed by atoms with Crippen molar-refractivity contribution < 1.29 is 27.5 Å². The first-order valence-electron chi connectivity index (χ1n) is 5.96. The standard InChI is InChI=1S/C12H14FNO5S/c13-9-1-3-10(4-2-9)20(17,18)12(11(15)14-16)5-7-19-8-6-12/h1-4,16H,5-8H2,(H,14,15). The Hall–Kier alpha value is -1.51. The van der Waals surface area contributed by atoms with Crippen molar-refractivity contribution in [2.75, 3.05) is 13.2 Å². The van der Waals surface area contributed by atoms with Crippen LogP contribution >= 0.6 is 0 Å². The van der Waals surface area contributed by atoms with E-state index in [4.69, 9.17) is 9.94 Å². The van der Waals surface area contributed by atoms with Gasteiger partial charge in [0.15, 0.2) is 14.6 Å². The van der Waals surface area contributed by atoms with Gasteiger partial charge < -0.3 is 4.74 Å². The number of amides is 1. The highest BCUT2D eigenvalue weighted by atomic mass is 32.2. The molecule has 0 unspecified atom stereocenters. The van der Waals surface area contributed by atoms with E-state index in [0.717, 1.165) is 24.3 Å². The minimum atomic E-state index is -4.07. The average Bonchev–Trinajstić information content (AvgIpc) is 2.47. The molecule has 1 heterocycles. The second kappa shape index (κ2) is 5.47. The second-order valence-corrected chi connectivity index (χ2v) is 6.76. The Balaban J connectivity index is 2.52. The molecule has 2 N–H and O–H groups in total. The van der Waals surface area contributed by atoms with Gasteiger partial charge in [-0.1, -0.05) is 0 Å². The predicted molar refractivity (Wildman–Crippen MR) is 66.3 cm³/mol. The van der Waals surface area contributed by atoms with E-state index in [0.29, 0.717) is 0 Å². The van der Waals surface area contributed by atoms with Crippen LogP contribution in [-0.2, 0) is 19.4 Å². The van der Waals surface area contributed by atoms with E-state index in [2.05, 4.69) is 0 Å². The summed E-state index contributed by atoms with van der Waals surface area (Å²) in [5, 5.41) is 8.84. The molecule has 0 aromatic heterocycles. The van der Waals surface area contributed by atoms with Crippen molar-refractivity contribution in [3.05, 3.63) is 30.1 Å². The molecule has 0 radical (unpaired) electrons. The smallest absolute Gasteiger partial charge is 0.265 e. The van der Waals surface area contributed by atoms with E-state index in [1.165, 1.54) is 5.48 Å². The number of carbonyl (C=O) groups is 1. The van der Waals surface area contributed by atoms with Crippen molar-refractivity contribution in [1.29, 1.82) is 0 Å². The van der Waals surface area contributed by atoms with Gasteiger partial charge in [0.25, 0.3) is 5.91 Å². The molecule has 0 saturated carbocycles. The molecule has 1 aromatic rings. The zero-order chi connectivity index (χ0) is 14.8. The van der Waals surface area contributed by atoms with Crippen molar-refractivity contribution in [2.24, 2.45) is 0 Å². The van der Waals surface area contributed by atoms with Gasteiger partial charge >= 0.3 is 0 Å². The number of carbonyl (C=O) groups excluding carboxylic acids is 1. The van der Waals surface area contributed by atoms with Gasteiger partial charge in [0.05, 0.1) is 4.90 Å². The van der Waals surface area contributed by atoms with Crippen LogP contribution in [0.15, 0.2) is 29.2 Å². The first-order chi connectivity index (χ1) is 9.44. The third-order valence-corrected chi connectivity index (χ3v) is 5.97. The van der Waals surface area contributed by atoms with Crippen molar-refractivity contribution in [1.82, 2.24) is 5.48 Å². The van der Waals surface area contributed by atoms with E-state index in [9.17, 15) is 17.6 Å². The van der Waals surface area contributed by atoms with Crippen LogP contribution in [0.5, 0.6) is 0 Å². The Bertz CT molecular complexity index is 593. The van der Waals surface area contributed by atoms with E-state index in [1.807, 2.05) is 0 Å². The molecule has 0 bridgehead atoms. The summed E-state index contributed by atoms with van der Waals surface area (Å²) in [4.78, 5) is 11.7. The van der Waals surface area contributed by atoms with E-state index < -0.39 is 26.3 Å². The Morgan fingerprint density at radius 2 is 1.80 bits per heavy atom. The normalized spacial score (nSPS) is 18.5. The first kappa shape index (κ1) is 14.9. The number of sulfone groups is 1. The Morgan fingerprint density at radius 3 is 2.30 bits per heavy atom. The van der Waals surface area contributed by atoms with Crippen LogP contribution in [0.3, 0.4) is 0 Å². The molecule has 6 nitrogen and oxygen atoms in total. The third kappa shape index (κ3) is 2.30. The molecule has 1 saturated heterocycles. The number of ether oxygens (including phenoxy) is 1. The van der Waals surface area contributed by atoms with E-state index in [1.54, 1.807) is 0 Å². The number of hydrogen-bond acceptors (Lipinski definition) is 5. The quantitative estimate of drug-likeness (QED) is 0.486. The SMILES string of the molecule is O=C(NO)C1(S(=O)(=O)c2ccc(F)cc2)CCOCC1. The van der Waals surface area contributed by atoms with E-state index in [-0.39, 0.29) is 31.0 Å². The lowest BCUT2D eigenvalue weighted by Crippen LogP contribution is -2.54. The average molecular weight is 303 g/mol. The number of hydrogen-bond donors (Lipinski definition) is 2. The predicted octanol–water partition coefficient (Wildman–Crippen LogP) is 0.654. The van der Waals surface area contributed by atoms with Crippen LogP contribution < -0.4 is 5.48 Å². The summed E-state index contributed by atoms with van der Waals surface area (Å²) in [7, 11) is -4.07. The van der Waals surface area contributed by atoms with Gasteiger partial charge in [0.1, 0.15) is 5.82 Å². The highest BCUT2D eigenvalue weighted by Crippen LogP contribution is 2.35. The number of halogens is 1. The topological polar surface area (TPSA) is 92.7 Å². The third-order valence-electron chi connectivity index (χ3n) is 3.45. The van der Waals surface area contributed by atoms with Crippen molar-refractivity contribution in [2.45, 2.75) is 22.5 Å². The lowest BCUT2D eigenvalue weighted by atomic mass is 9.98. The molecule has 0 atom stereocenters. The Morgan fingerprint density at radius 1 is 1.25 bits per heavy atom. The van der Waals surface area contributed by atoms with Crippen LogP contribution in [0.1, 0.15) is 12.8 Å². The van der Waals surface area contributed by atoms with Gasteiger partial charge in [-0.05, 0) is 37.1 Å². The van der Waals surface area contributed by atoms with Crippen molar-refractivity contribution in [3.63, 3.8) is 0 Å². The molecule has 2 rings (SSSR count). The fraction of sp³-hybridized carbons (Fsp3) is 0.417. The number of hydroxylamine groups is 1. The van der Waals surface area contributed by atoms with Gasteiger partial charge in [-0.3, -0.25) is 10.0 Å². The summed E-state index contributed by atoms with van der Waals surface area (Å²) >= 11 is 0. The molecule has 1 amide bonds. The van der Waals surface area contributed by atoms with Gasteiger partial charge in [0, 0.05) is 13.2 Å². The Labute approximate surface area is 115 Å². The Kier molecular flexibility index (Phi) is 4.07. The fourth-order valence-corrected chi connectivity index (χ4v) is 4.20. The maximum absolute atomic E-state index is 12.9. The summed E-state index contributed by atoms with van der Waals surface area (Å²) in [6.45, 7) is 0.182. The summed E-state index contributed by atoms with van der Waals surface area (Å²) < 4.78 is 41.5. The van der Waals surface area contributed by atoms with Crippen LogP contribution in [0, 0.1) is 5.82 Å². The molecular formula is C12H14FNO5S. The highest BCUT2D eigenvalue weighted by molar-refractivity contribution is 7.93. The molecule has 1 aromatic carbocycles. The molecule has 20 heavy (non-hydrogen) atoms. The van der Waals surface area contributed by atoms with Gasteiger partial charge in [-0.15, -0.1) is 0 Å². The molecule has 8 heteroatoms.